The summed E-state index contributed by atoms with van der Waals surface area (Å²) in [5.41, 5.74) is 24.2. The first-order valence-corrected chi connectivity index (χ1v) is 24.0. The number of benzene rings is 9. The normalized spacial score (nSPS) is 12.4. The monoisotopic (exact) mass is 888 g/mol. The second kappa shape index (κ2) is 17.0. The fourth-order valence-electron chi connectivity index (χ4n) is 10.7. The average Bonchev–Trinajstić information content (AvgIpc) is 3.33. The van der Waals surface area contributed by atoms with Crippen molar-refractivity contribution in [3.8, 4) is 28.3 Å². The summed E-state index contributed by atoms with van der Waals surface area (Å²) < 4.78 is 0. The molecular formula is C67H56N2. The van der Waals surface area contributed by atoms with Crippen LogP contribution in [0, 0.1) is 55.4 Å². The van der Waals surface area contributed by atoms with Crippen molar-refractivity contribution in [2.45, 2.75) is 80.1 Å². The SMILES string of the molecule is Cc1cc(C(C)(C)C)cc(C)c1-c1c2ccc(-c3ccc(C#N)cc3)cc2c(=C=C2c3ccccc3[C+](c3c(C)cc(C(C)(C)C)cc3C)c3ccccc32)c2cc(=c3ccc(=C=[N-])cc3)ccc12. The maximum absolute atomic E-state index is 9.72. The van der Waals surface area contributed by atoms with Crippen molar-refractivity contribution < 1.29 is 0 Å². The Bertz CT molecular complexity index is 3830. The molecule has 0 unspecified atom stereocenters. The average molecular weight is 889 g/mol. The number of nitriles is 1. The number of nitrogens with zero attached hydrogens (tertiary/aromatic N) is 2. The molecule has 0 N–H and O–H groups in total. The summed E-state index contributed by atoms with van der Waals surface area (Å²) in [5.74, 6) is 3.55. The standard InChI is InChI=1S/C67H56N2/c1-40-31-50(66(5,6)7)32-41(2)62(40)64-54-17-13-11-15-52(54)60(53-16-12-14-18-55(53)64)37-61-58-35-48(46-23-19-44(38-68)20-24-46)27-29-56(58)65(63-42(3)33-51(34-43(63)4)67(8,9)10)57-30-28-49(36-59(57)61)47-25-21-45(39-69)22-26-47/h11-36H,1-10H3. The van der Waals surface area contributed by atoms with Crippen molar-refractivity contribution in [1.29, 1.82) is 5.26 Å². The van der Waals surface area contributed by atoms with E-state index in [0.29, 0.717) is 10.8 Å². The van der Waals surface area contributed by atoms with Crippen LogP contribution in [0.2, 0.25) is 0 Å². The Hall–Kier alpha value is -7.91. The Morgan fingerprint density at radius 1 is 0.478 bits per heavy atom. The summed E-state index contributed by atoms with van der Waals surface area (Å²) >= 11 is 0. The molecule has 0 atom stereocenters. The minimum absolute atomic E-state index is 0.00762. The predicted octanol–water partition coefficient (Wildman–Crippen LogP) is 15.1. The number of aryl methyl sites for hydroxylation is 4. The first-order valence-electron chi connectivity index (χ1n) is 24.0. The maximum atomic E-state index is 9.72. The molecule has 1 aliphatic carbocycles. The zero-order valence-corrected chi connectivity index (χ0v) is 41.4. The summed E-state index contributed by atoms with van der Waals surface area (Å²) in [4.78, 5) is 0. The second-order valence-corrected chi connectivity index (χ2v) is 21.1. The minimum atomic E-state index is -0.00762. The summed E-state index contributed by atoms with van der Waals surface area (Å²) in [5, 5.41) is 27.7. The van der Waals surface area contributed by atoms with Gasteiger partial charge in [0.15, 0.2) is 0 Å². The third-order valence-corrected chi connectivity index (χ3v) is 14.3. The molecule has 334 valence electrons. The molecule has 0 bridgehead atoms. The van der Waals surface area contributed by atoms with Gasteiger partial charge in [-0.05, 0) is 205 Å². The van der Waals surface area contributed by atoms with E-state index in [1.165, 1.54) is 67.1 Å². The number of hydrogen-bond donors (Lipinski definition) is 0. The molecule has 0 aromatic heterocycles. The van der Waals surface area contributed by atoms with Gasteiger partial charge in [-0.25, -0.2) is 0 Å². The highest BCUT2D eigenvalue weighted by molar-refractivity contribution is 6.15. The Balaban J connectivity index is 1.41. The fourth-order valence-corrected chi connectivity index (χ4v) is 10.7. The molecule has 2 nitrogen and oxygen atoms in total. The van der Waals surface area contributed by atoms with Gasteiger partial charge < -0.3 is 5.41 Å². The lowest BCUT2D eigenvalue weighted by Crippen LogP contribution is -2.19. The van der Waals surface area contributed by atoms with E-state index in [-0.39, 0.29) is 10.8 Å². The van der Waals surface area contributed by atoms with Gasteiger partial charge in [0.1, 0.15) is 0 Å². The Labute approximate surface area is 407 Å². The summed E-state index contributed by atoms with van der Waals surface area (Å²) in [6.45, 7) is 22.8. The first-order chi connectivity index (χ1) is 33.0. The van der Waals surface area contributed by atoms with E-state index in [4.69, 9.17) is 0 Å². The smallest absolute Gasteiger partial charge is 0.0991 e. The van der Waals surface area contributed by atoms with Gasteiger partial charge in [-0.15, -0.1) is 0 Å². The third-order valence-electron chi connectivity index (χ3n) is 14.3. The van der Waals surface area contributed by atoms with Crippen LogP contribution in [0.1, 0.15) is 108 Å². The Morgan fingerprint density at radius 2 is 0.971 bits per heavy atom. The Kier molecular flexibility index (Phi) is 11.1. The largest absolute Gasteiger partial charge is 0.763 e. The molecule has 0 saturated carbocycles. The number of fused-ring (bicyclic) bond motifs is 4. The second-order valence-electron chi connectivity index (χ2n) is 21.1. The summed E-state index contributed by atoms with van der Waals surface area (Å²) in [6, 6.07) is 59.2. The van der Waals surface area contributed by atoms with Gasteiger partial charge in [0.2, 0.25) is 0 Å². The van der Waals surface area contributed by atoms with E-state index >= 15 is 0 Å². The first kappa shape index (κ1) is 44.9. The molecule has 10 rings (SSSR count). The van der Waals surface area contributed by atoms with E-state index in [1.54, 1.807) is 0 Å². The Morgan fingerprint density at radius 3 is 1.51 bits per heavy atom. The van der Waals surface area contributed by atoms with Crippen LogP contribution in [0.15, 0.2) is 158 Å². The molecule has 2 heteroatoms. The van der Waals surface area contributed by atoms with Gasteiger partial charge in [0.05, 0.1) is 39.8 Å². The van der Waals surface area contributed by atoms with E-state index in [9.17, 15) is 10.7 Å². The molecule has 0 heterocycles. The molecular weight excluding hydrogens is 833 g/mol. The van der Waals surface area contributed by atoms with Crippen LogP contribution in [0.4, 0.5) is 0 Å². The van der Waals surface area contributed by atoms with Crippen LogP contribution in [-0.2, 0) is 10.8 Å². The third kappa shape index (κ3) is 7.91. The van der Waals surface area contributed by atoms with Crippen LogP contribution >= 0.6 is 0 Å². The van der Waals surface area contributed by atoms with Gasteiger partial charge >= 0.3 is 0 Å². The molecule has 0 radical (unpaired) electrons. The highest BCUT2D eigenvalue weighted by Crippen LogP contribution is 2.48. The van der Waals surface area contributed by atoms with Crippen molar-refractivity contribution in [2.75, 3.05) is 0 Å². The van der Waals surface area contributed by atoms with E-state index in [0.717, 1.165) is 65.0 Å². The van der Waals surface area contributed by atoms with Crippen molar-refractivity contribution >= 4 is 38.7 Å². The topological polar surface area (TPSA) is 46.1 Å². The van der Waals surface area contributed by atoms with Crippen LogP contribution in [0.3, 0.4) is 0 Å². The predicted molar refractivity (Wildman–Crippen MR) is 290 cm³/mol. The summed E-state index contributed by atoms with van der Waals surface area (Å²) in [6.07, 6.45) is 0. The lowest BCUT2D eigenvalue weighted by atomic mass is 9.70. The molecule has 0 saturated heterocycles. The fraction of sp³-hybridized carbons (Fsp3) is 0.179. The molecule has 0 aliphatic heterocycles. The van der Waals surface area contributed by atoms with Crippen LogP contribution < -0.4 is 10.4 Å². The molecule has 9 aromatic carbocycles. The number of hydrogen-bond acceptors (Lipinski definition) is 1. The zero-order valence-electron chi connectivity index (χ0n) is 41.4. The van der Waals surface area contributed by atoms with Crippen LogP contribution in [-0.4, -0.2) is 5.87 Å². The van der Waals surface area contributed by atoms with Crippen molar-refractivity contribution in [3.63, 3.8) is 0 Å². The van der Waals surface area contributed by atoms with Crippen LogP contribution in [0.25, 0.3) is 60.5 Å². The highest BCUT2D eigenvalue weighted by Gasteiger charge is 2.37. The lowest BCUT2D eigenvalue weighted by molar-refractivity contribution is 0.589. The molecule has 9 aromatic rings. The number of rotatable bonds is 3. The van der Waals surface area contributed by atoms with Gasteiger partial charge in [-0.1, -0.05) is 120 Å². The molecule has 1 aliphatic rings. The van der Waals surface area contributed by atoms with Crippen molar-refractivity contribution in [3.05, 3.63) is 257 Å². The molecule has 0 amide bonds. The minimum Gasteiger partial charge on any atom is -0.763 e. The maximum Gasteiger partial charge on any atom is 0.0991 e. The van der Waals surface area contributed by atoms with E-state index < -0.39 is 0 Å². The molecule has 0 spiro atoms. The van der Waals surface area contributed by atoms with Gasteiger partial charge in [0, 0.05) is 27.5 Å². The highest BCUT2D eigenvalue weighted by atomic mass is 14.4. The van der Waals surface area contributed by atoms with E-state index in [2.05, 4.69) is 220 Å². The lowest BCUT2D eigenvalue weighted by Gasteiger charge is -2.28. The van der Waals surface area contributed by atoms with Gasteiger partial charge in [-0.2, -0.15) is 5.26 Å². The van der Waals surface area contributed by atoms with Crippen molar-refractivity contribution in [1.82, 2.24) is 0 Å². The van der Waals surface area contributed by atoms with Gasteiger partial charge in [0.25, 0.3) is 0 Å². The van der Waals surface area contributed by atoms with E-state index in [1.807, 2.05) is 24.3 Å². The van der Waals surface area contributed by atoms with Crippen molar-refractivity contribution in [2.24, 2.45) is 0 Å². The van der Waals surface area contributed by atoms with Crippen LogP contribution in [0.5, 0.6) is 0 Å². The molecule has 69 heavy (non-hydrogen) atoms. The zero-order chi connectivity index (χ0) is 48.5. The summed E-state index contributed by atoms with van der Waals surface area (Å²) in [7, 11) is 0. The quantitative estimate of drug-likeness (QED) is 0.0990. The van der Waals surface area contributed by atoms with Gasteiger partial charge in [-0.3, -0.25) is 5.87 Å². The molecule has 0 fully saturated rings.